The van der Waals surface area contributed by atoms with Crippen molar-refractivity contribution in [1.29, 1.82) is 0 Å². The van der Waals surface area contributed by atoms with Crippen molar-refractivity contribution < 1.29 is 0 Å². The van der Waals surface area contributed by atoms with Crippen LogP contribution in [0.1, 0.15) is 25.4 Å². The maximum Gasteiger partial charge on any atom is 0.131 e. The molecule has 1 aromatic heterocycles. The first-order valence-corrected chi connectivity index (χ1v) is 5.28. The molecule has 0 saturated carbocycles. The molecule has 14 heavy (non-hydrogen) atoms. The van der Waals surface area contributed by atoms with Crippen LogP contribution in [0.15, 0.2) is 0 Å². The van der Waals surface area contributed by atoms with Gasteiger partial charge in [0.1, 0.15) is 11.0 Å². The number of hydrogen-bond donors (Lipinski definition) is 1. The number of rotatable bonds is 4. The lowest BCUT2D eigenvalue weighted by Crippen LogP contribution is -2.10. The molecule has 0 radical (unpaired) electrons. The highest BCUT2D eigenvalue weighted by molar-refractivity contribution is 6.30. The van der Waals surface area contributed by atoms with E-state index in [2.05, 4.69) is 24.1 Å². The Morgan fingerprint density at radius 1 is 1.50 bits per heavy atom. The third-order valence-electron chi connectivity index (χ3n) is 2.12. The van der Waals surface area contributed by atoms with Crippen molar-refractivity contribution in [2.75, 3.05) is 7.05 Å². The van der Waals surface area contributed by atoms with Crippen molar-refractivity contribution in [3.63, 3.8) is 0 Å². The van der Waals surface area contributed by atoms with Crippen molar-refractivity contribution in [3.8, 4) is 0 Å². The molecular formula is C10H18ClN3. The highest BCUT2D eigenvalue weighted by atomic mass is 35.5. The number of aromatic nitrogens is 2. The third kappa shape index (κ3) is 2.49. The van der Waals surface area contributed by atoms with Gasteiger partial charge in [0.15, 0.2) is 0 Å². The van der Waals surface area contributed by atoms with Gasteiger partial charge in [-0.1, -0.05) is 25.4 Å². The summed E-state index contributed by atoms with van der Waals surface area (Å²) in [6.45, 7) is 5.10. The van der Waals surface area contributed by atoms with Crippen molar-refractivity contribution in [3.05, 3.63) is 16.7 Å². The Kier molecular flexibility index (Phi) is 3.96. The van der Waals surface area contributed by atoms with Gasteiger partial charge in [-0.05, 0) is 19.4 Å². The van der Waals surface area contributed by atoms with Crippen LogP contribution in [0.25, 0.3) is 0 Å². The van der Waals surface area contributed by atoms with E-state index in [9.17, 15) is 0 Å². The van der Waals surface area contributed by atoms with Gasteiger partial charge in [0.05, 0.1) is 12.2 Å². The van der Waals surface area contributed by atoms with Gasteiger partial charge in [-0.3, -0.25) is 0 Å². The van der Waals surface area contributed by atoms with Crippen LogP contribution in [-0.4, -0.2) is 16.6 Å². The third-order valence-corrected chi connectivity index (χ3v) is 2.59. The molecule has 0 spiro atoms. The highest BCUT2D eigenvalue weighted by Crippen LogP contribution is 2.19. The molecule has 0 aliphatic rings. The average Bonchev–Trinajstić information content (AvgIpc) is 2.34. The number of hydrogen-bond acceptors (Lipinski definition) is 2. The molecule has 0 atom stereocenters. The van der Waals surface area contributed by atoms with Gasteiger partial charge in [-0.2, -0.15) is 0 Å². The molecular weight excluding hydrogens is 198 g/mol. The summed E-state index contributed by atoms with van der Waals surface area (Å²) in [5.74, 6) is 1.58. The zero-order valence-corrected chi connectivity index (χ0v) is 10.0. The van der Waals surface area contributed by atoms with E-state index in [1.165, 1.54) is 0 Å². The molecule has 0 amide bonds. The summed E-state index contributed by atoms with van der Waals surface area (Å²) >= 11 is 6.17. The molecule has 0 aromatic carbocycles. The fourth-order valence-electron chi connectivity index (χ4n) is 1.42. The van der Waals surface area contributed by atoms with E-state index >= 15 is 0 Å². The van der Waals surface area contributed by atoms with E-state index in [1.807, 2.05) is 18.7 Å². The quantitative estimate of drug-likeness (QED) is 0.833. The van der Waals surface area contributed by atoms with E-state index in [0.29, 0.717) is 5.92 Å². The van der Waals surface area contributed by atoms with Gasteiger partial charge in [0, 0.05) is 7.05 Å². The lowest BCUT2D eigenvalue weighted by molar-refractivity contribution is 0.635. The lowest BCUT2D eigenvalue weighted by Gasteiger charge is -2.01. The second kappa shape index (κ2) is 4.80. The summed E-state index contributed by atoms with van der Waals surface area (Å²) in [6, 6.07) is 0. The first kappa shape index (κ1) is 11.5. The normalized spacial score (nSPS) is 11.3. The van der Waals surface area contributed by atoms with Crippen LogP contribution in [-0.2, 0) is 20.0 Å². The topological polar surface area (TPSA) is 29.9 Å². The van der Waals surface area contributed by atoms with Gasteiger partial charge in [-0.15, -0.1) is 0 Å². The SMILES string of the molecule is CNCc1nc(CC(C)C)c(Cl)n1C. The molecule has 0 unspecified atom stereocenters. The largest absolute Gasteiger partial charge is 0.321 e. The fraction of sp³-hybridized carbons (Fsp3) is 0.700. The first-order chi connectivity index (χ1) is 6.56. The van der Waals surface area contributed by atoms with Crippen LogP contribution >= 0.6 is 11.6 Å². The van der Waals surface area contributed by atoms with Crippen molar-refractivity contribution >= 4 is 11.6 Å². The van der Waals surface area contributed by atoms with Crippen LogP contribution in [0.4, 0.5) is 0 Å². The second-order valence-electron chi connectivity index (χ2n) is 3.95. The summed E-state index contributed by atoms with van der Waals surface area (Å²) < 4.78 is 1.94. The predicted octanol–water partition coefficient (Wildman–Crippen LogP) is 1.99. The van der Waals surface area contributed by atoms with Gasteiger partial charge in [-0.25, -0.2) is 4.98 Å². The maximum absolute atomic E-state index is 6.17. The number of nitrogens with zero attached hydrogens (tertiary/aromatic N) is 2. The monoisotopic (exact) mass is 215 g/mol. The molecule has 1 rings (SSSR count). The molecule has 80 valence electrons. The standard InChI is InChI=1S/C10H18ClN3/c1-7(2)5-8-10(11)14(4)9(13-8)6-12-3/h7,12H,5-6H2,1-4H3. The Morgan fingerprint density at radius 3 is 2.64 bits per heavy atom. The van der Waals surface area contributed by atoms with E-state index in [1.54, 1.807) is 0 Å². The summed E-state index contributed by atoms with van der Waals surface area (Å²) in [4.78, 5) is 4.51. The van der Waals surface area contributed by atoms with Crippen molar-refractivity contribution in [2.24, 2.45) is 13.0 Å². The summed E-state index contributed by atoms with van der Waals surface area (Å²) in [6.07, 6.45) is 0.941. The summed E-state index contributed by atoms with van der Waals surface area (Å²) in [5.41, 5.74) is 1.01. The number of imidazole rings is 1. The Morgan fingerprint density at radius 2 is 2.14 bits per heavy atom. The Bertz CT molecular complexity index is 305. The van der Waals surface area contributed by atoms with Crippen LogP contribution in [0.3, 0.4) is 0 Å². The zero-order valence-electron chi connectivity index (χ0n) is 9.26. The Labute approximate surface area is 90.5 Å². The van der Waals surface area contributed by atoms with Gasteiger partial charge < -0.3 is 9.88 Å². The molecule has 4 heteroatoms. The van der Waals surface area contributed by atoms with Crippen LogP contribution in [0.2, 0.25) is 5.15 Å². The Hall–Kier alpha value is -0.540. The second-order valence-corrected chi connectivity index (χ2v) is 4.31. The highest BCUT2D eigenvalue weighted by Gasteiger charge is 2.12. The first-order valence-electron chi connectivity index (χ1n) is 4.90. The molecule has 3 nitrogen and oxygen atoms in total. The minimum absolute atomic E-state index is 0.588. The smallest absolute Gasteiger partial charge is 0.131 e. The van der Waals surface area contributed by atoms with Gasteiger partial charge in [0.25, 0.3) is 0 Å². The number of halogens is 1. The van der Waals surface area contributed by atoms with E-state index in [-0.39, 0.29) is 0 Å². The molecule has 0 saturated heterocycles. The molecule has 0 fully saturated rings. The lowest BCUT2D eigenvalue weighted by atomic mass is 10.1. The number of nitrogens with one attached hydrogen (secondary N) is 1. The van der Waals surface area contributed by atoms with Crippen molar-refractivity contribution in [2.45, 2.75) is 26.8 Å². The molecule has 1 aromatic rings. The molecule has 0 aliphatic carbocycles. The van der Waals surface area contributed by atoms with Crippen LogP contribution < -0.4 is 5.32 Å². The van der Waals surface area contributed by atoms with Crippen LogP contribution in [0.5, 0.6) is 0 Å². The molecule has 1 N–H and O–H groups in total. The predicted molar refractivity (Wildman–Crippen MR) is 59.5 cm³/mol. The van der Waals surface area contributed by atoms with Gasteiger partial charge in [0.2, 0.25) is 0 Å². The summed E-state index contributed by atoms with van der Waals surface area (Å²) in [5, 5.41) is 3.84. The average molecular weight is 216 g/mol. The van der Waals surface area contributed by atoms with Crippen LogP contribution in [0, 0.1) is 5.92 Å². The van der Waals surface area contributed by atoms with Gasteiger partial charge >= 0.3 is 0 Å². The molecule has 1 heterocycles. The van der Waals surface area contributed by atoms with Crippen molar-refractivity contribution in [1.82, 2.24) is 14.9 Å². The maximum atomic E-state index is 6.17. The minimum Gasteiger partial charge on any atom is -0.321 e. The fourth-order valence-corrected chi connectivity index (χ4v) is 1.63. The molecule has 0 bridgehead atoms. The minimum atomic E-state index is 0.588. The van der Waals surface area contributed by atoms with E-state index in [0.717, 1.165) is 29.6 Å². The Balaban J connectivity index is 2.90. The molecule has 0 aliphatic heterocycles. The van der Waals surface area contributed by atoms with E-state index < -0.39 is 0 Å². The zero-order chi connectivity index (χ0) is 10.7. The summed E-state index contributed by atoms with van der Waals surface area (Å²) in [7, 11) is 3.86. The van der Waals surface area contributed by atoms with E-state index in [4.69, 9.17) is 11.6 Å².